The van der Waals surface area contributed by atoms with Gasteiger partial charge in [-0.15, -0.1) is 0 Å². The molecule has 0 bridgehead atoms. The van der Waals surface area contributed by atoms with Crippen LogP contribution in [0, 0.1) is 0 Å². The minimum absolute atomic E-state index is 0.383. The van der Waals surface area contributed by atoms with Gasteiger partial charge in [0.15, 0.2) is 5.54 Å². The van der Waals surface area contributed by atoms with E-state index in [0.29, 0.717) is 13.1 Å². The standard InChI is InChI=1S/C16H17F13NO/c1-4-9(31)30(3)8-6-7-10(30,5-2)11(17,18)12(19,20)13(21,22)14(23,24)15(25,26)16(27,28)29/h4H,1,5-8H2,2-3H3/q+1. The second-order valence-corrected chi connectivity index (χ2v) is 7.32. The normalized spacial score (nSPS) is 26.8. The van der Waals surface area contributed by atoms with Gasteiger partial charge in [-0.25, -0.2) is 9.28 Å². The Balaban J connectivity index is 3.80. The van der Waals surface area contributed by atoms with Crippen molar-refractivity contribution in [2.75, 3.05) is 13.6 Å². The number of hydrogen-bond donors (Lipinski definition) is 0. The van der Waals surface area contributed by atoms with Gasteiger partial charge in [-0.1, -0.05) is 13.5 Å². The minimum Gasteiger partial charge on any atom is -0.249 e. The van der Waals surface area contributed by atoms with E-state index in [-0.39, 0.29) is 0 Å². The molecule has 0 N–H and O–H groups in total. The molecular formula is C16H17F13NO+. The first-order chi connectivity index (χ1) is 13.5. The van der Waals surface area contributed by atoms with Crippen LogP contribution in [0.25, 0.3) is 0 Å². The summed E-state index contributed by atoms with van der Waals surface area (Å²) >= 11 is 0. The number of amides is 1. The van der Waals surface area contributed by atoms with E-state index in [9.17, 15) is 61.9 Å². The van der Waals surface area contributed by atoms with Gasteiger partial charge in [0, 0.05) is 25.3 Å². The van der Waals surface area contributed by atoms with Crippen LogP contribution in [0.3, 0.4) is 0 Å². The van der Waals surface area contributed by atoms with Gasteiger partial charge < -0.3 is 0 Å². The zero-order chi connectivity index (χ0) is 25.1. The quantitative estimate of drug-likeness (QED) is 0.252. The number of alkyl halides is 13. The zero-order valence-corrected chi connectivity index (χ0v) is 15.9. The second kappa shape index (κ2) is 7.24. The number of likely N-dealkylation sites (N-methyl/N-ethyl adjacent to an activating group) is 1. The van der Waals surface area contributed by atoms with Crippen molar-refractivity contribution >= 4 is 5.91 Å². The summed E-state index contributed by atoms with van der Waals surface area (Å²) in [7, 11) is 0.602. The summed E-state index contributed by atoms with van der Waals surface area (Å²) in [6, 6.07) is 0. The van der Waals surface area contributed by atoms with Gasteiger partial charge in [0.1, 0.15) is 0 Å². The SMILES string of the molecule is C=CC(=O)[N+]1(C)CCCC1(CC)C(F)(F)C(F)(F)C(F)(F)C(F)(F)C(F)(F)C(F)(F)F. The Bertz CT molecular complexity index is 730. The first-order valence-corrected chi connectivity index (χ1v) is 8.48. The Morgan fingerprint density at radius 2 is 1.29 bits per heavy atom. The molecule has 1 rings (SSSR count). The monoisotopic (exact) mass is 486 g/mol. The zero-order valence-electron chi connectivity index (χ0n) is 15.9. The van der Waals surface area contributed by atoms with Crippen molar-refractivity contribution in [1.82, 2.24) is 0 Å². The molecule has 2 atom stereocenters. The van der Waals surface area contributed by atoms with Crippen LogP contribution in [-0.2, 0) is 4.79 Å². The molecule has 0 aromatic heterocycles. The Labute approximate surface area is 167 Å². The van der Waals surface area contributed by atoms with Crippen LogP contribution in [0.15, 0.2) is 12.7 Å². The van der Waals surface area contributed by atoms with Crippen LogP contribution in [0.2, 0.25) is 0 Å². The van der Waals surface area contributed by atoms with Gasteiger partial charge in [0.2, 0.25) is 0 Å². The van der Waals surface area contributed by atoms with Crippen LogP contribution in [0.4, 0.5) is 57.1 Å². The molecule has 2 unspecified atom stereocenters. The molecule has 31 heavy (non-hydrogen) atoms. The number of likely N-dealkylation sites (tertiary alicyclic amines) is 1. The Morgan fingerprint density at radius 1 is 0.871 bits per heavy atom. The van der Waals surface area contributed by atoms with Crippen LogP contribution in [0.5, 0.6) is 0 Å². The van der Waals surface area contributed by atoms with Crippen molar-refractivity contribution in [2.24, 2.45) is 0 Å². The molecule has 1 heterocycles. The molecule has 0 radical (unpaired) electrons. The maximum absolute atomic E-state index is 15.0. The summed E-state index contributed by atoms with van der Waals surface area (Å²) in [5, 5.41) is 0. The third kappa shape index (κ3) is 3.08. The van der Waals surface area contributed by atoms with Crippen LogP contribution in [-0.4, -0.2) is 65.3 Å². The molecule has 0 aliphatic carbocycles. The molecule has 1 aliphatic heterocycles. The summed E-state index contributed by atoms with van der Waals surface area (Å²) in [5.74, 6) is -38.8. The second-order valence-electron chi connectivity index (χ2n) is 7.32. The Hall–Kier alpha value is -1.54. The molecule has 182 valence electrons. The largest absolute Gasteiger partial charge is 0.460 e. The number of carbonyl (C=O) groups is 1. The molecule has 0 aromatic rings. The molecule has 1 aliphatic rings. The highest BCUT2D eigenvalue weighted by atomic mass is 19.4. The predicted molar refractivity (Wildman–Crippen MR) is 79.3 cm³/mol. The molecule has 1 amide bonds. The van der Waals surface area contributed by atoms with Crippen LogP contribution in [0.1, 0.15) is 26.2 Å². The number of nitrogens with zero attached hydrogens (tertiary/aromatic N) is 1. The maximum Gasteiger partial charge on any atom is 0.460 e. The van der Waals surface area contributed by atoms with Crippen molar-refractivity contribution in [2.45, 2.75) is 67.5 Å². The van der Waals surface area contributed by atoms with E-state index in [1.165, 1.54) is 0 Å². The molecule has 0 spiro atoms. The van der Waals surface area contributed by atoms with Crippen molar-refractivity contribution in [3.05, 3.63) is 12.7 Å². The smallest absolute Gasteiger partial charge is 0.249 e. The summed E-state index contributed by atoms with van der Waals surface area (Å²) in [6.45, 7) is 3.02. The van der Waals surface area contributed by atoms with Gasteiger partial charge in [0.05, 0.1) is 13.6 Å². The third-order valence-corrected chi connectivity index (χ3v) is 5.90. The first-order valence-electron chi connectivity index (χ1n) is 8.48. The topological polar surface area (TPSA) is 17.1 Å². The molecular weight excluding hydrogens is 469 g/mol. The fraction of sp³-hybridized carbons (Fsp3) is 0.812. The molecule has 15 heteroatoms. The first kappa shape index (κ1) is 27.5. The number of rotatable bonds is 7. The van der Waals surface area contributed by atoms with Crippen molar-refractivity contribution in [3.63, 3.8) is 0 Å². The Kier molecular flexibility index (Phi) is 6.42. The lowest BCUT2D eigenvalue weighted by Crippen LogP contribution is -2.78. The molecule has 2 nitrogen and oxygen atoms in total. The summed E-state index contributed by atoms with van der Waals surface area (Å²) < 4.78 is 174. The summed E-state index contributed by atoms with van der Waals surface area (Å²) in [4.78, 5) is 12.1. The third-order valence-electron chi connectivity index (χ3n) is 5.90. The molecule has 0 saturated carbocycles. The van der Waals surface area contributed by atoms with E-state index >= 15 is 0 Å². The molecule has 1 fully saturated rings. The highest BCUT2D eigenvalue weighted by Crippen LogP contribution is 2.64. The van der Waals surface area contributed by atoms with Gasteiger partial charge in [-0.3, -0.25) is 0 Å². The lowest BCUT2D eigenvalue weighted by molar-refractivity contribution is -0.887. The molecule has 0 aromatic carbocycles. The van der Waals surface area contributed by atoms with Gasteiger partial charge in [-0.2, -0.15) is 57.1 Å². The van der Waals surface area contributed by atoms with Crippen molar-refractivity contribution in [1.29, 1.82) is 0 Å². The number of quaternary nitrogens is 1. The average molecular weight is 486 g/mol. The fourth-order valence-corrected chi connectivity index (χ4v) is 3.95. The van der Waals surface area contributed by atoms with E-state index in [1.54, 1.807) is 0 Å². The summed E-state index contributed by atoms with van der Waals surface area (Å²) in [5.41, 5.74) is -3.53. The van der Waals surface area contributed by atoms with Gasteiger partial charge >= 0.3 is 41.7 Å². The van der Waals surface area contributed by atoms with Crippen molar-refractivity contribution < 1.29 is 66.4 Å². The number of halogens is 13. The fourth-order valence-electron chi connectivity index (χ4n) is 3.95. The summed E-state index contributed by atoms with van der Waals surface area (Å²) in [6.07, 6.45) is -9.91. The van der Waals surface area contributed by atoms with E-state index < -0.39 is 77.5 Å². The van der Waals surface area contributed by atoms with Gasteiger partial charge in [-0.05, 0) is 0 Å². The van der Waals surface area contributed by atoms with Crippen LogP contribution < -0.4 is 0 Å². The number of carbonyl (C=O) groups excluding carboxylic acids is 1. The highest BCUT2D eigenvalue weighted by Gasteiger charge is 2.94. The van der Waals surface area contributed by atoms with E-state index in [1.807, 2.05) is 0 Å². The Morgan fingerprint density at radius 3 is 1.65 bits per heavy atom. The lowest BCUT2D eigenvalue weighted by atomic mass is 9.77. The molecule has 1 saturated heterocycles. The van der Waals surface area contributed by atoms with Crippen LogP contribution >= 0.6 is 0 Å². The van der Waals surface area contributed by atoms with E-state index in [2.05, 4.69) is 6.58 Å². The maximum atomic E-state index is 15.0. The lowest BCUT2D eigenvalue weighted by Gasteiger charge is -2.50. The van der Waals surface area contributed by atoms with E-state index in [4.69, 9.17) is 0 Å². The van der Waals surface area contributed by atoms with Gasteiger partial charge in [0.25, 0.3) is 0 Å². The van der Waals surface area contributed by atoms with Crippen molar-refractivity contribution in [3.8, 4) is 0 Å². The average Bonchev–Trinajstić information content (AvgIpc) is 2.98. The minimum atomic E-state index is -7.97. The van der Waals surface area contributed by atoms with E-state index in [0.717, 1.165) is 6.92 Å². The number of hydrogen-bond acceptors (Lipinski definition) is 1. The highest BCUT2D eigenvalue weighted by molar-refractivity contribution is 5.81. The predicted octanol–water partition coefficient (Wildman–Crippen LogP) is 5.83.